The zero-order chi connectivity index (χ0) is 15.9. The fraction of sp³-hybridized carbons (Fsp3) is 0.438. The fourth-order valence-electron chi connectivity index (χ4n) is 2.97. The highest BCUT2D eigenvalue weighted by molar-refractivity contribution is 6.04. The lowest BCUT2D eigenvalue weighted by Gasteiger charge is -2.22. The molecule has 1 atom stereocenters. The summed E-state index contributed by atoms with van der Waals surface area (Å²) in [5, 5.41) is 5.33. The van der Waals surface area contributed by atoms with Gasteiger partial charge in [0.25, 0.3) is 11.5 Å². The molecule has 1 saturated heterocycles. The van der Waals surface area contributed by atoms with Crippen molar-refractivity contribution in [3.8, 4) is 0 Å². The number of carbonyl (C=O) groups is 1. The van der Waals surface area contributed by atoms with Gasteiger partial charge in [-0.15, -0.1) is 0 Å². The monoisotopic (exact) mass is 300 g/mol. The maximum atomic E-state index is 12.8. The number of likely N-dealkylation sites (tertiary alicyclic amines) is 1. The standard InChI is InChI=1S/C16H20N4O2/c1-16(9-17)7-8-20(10-16)15(22)13-11-5-3-4-6-12(11)14(21)19(2)18-13/h3-6H,7-10,17H2,1-2H3. The Bertz CT molecular complexity index is 798. The van der Waals surface area contributed by atoms with Crippen molar-refractivity contribution in [3.05, 3.63) is 40.3 Å². The Morgan fingerprint density at radius 3 is 2.68 bits per heavy atom. The van der Waals surface area contributed by atoms with Crippen LogP contribution < -0.4 is 11.3 Å². The molecule has 0 bridgehead atoms. The van der Waals surface area contributed by atoms with Crippen molar-refractivity contribution in [2.24, 2.45) is 18.2 Å². The number of fused-ring (bicyclic) bond motifs is 1. The molecule has 2 N–H and O–H groups in total. The van der Waals surface area contributed by atoms with Crippen LogP contribution in [0, 0.1) is 5.41 Å². The van der Waals surface area contributed by atoms with Crippen LogP contribution in [0.1, 0.15) is 23.8 Å². The van der Waals surface area contributed by atoms with Gasteiger partial charge in [0.15, 0.2) is 5.69 Å². The number of rotatable bonds is 2. The minimum Gasteiger partial charge on any atom is -0.337 e. The quantitative estimate of drug-likeness (QED) is 0.887. The summed E-state index contributed by atoms with van der Waals surface area (Å²) in [6.45, 7) is 3.94. The lowest BCUT2D eigenvalue weighted by molar-refractivity contribution is 0.0771. The highest BCUT2D eigenvalue weighted by Crippen LogP contribution is 2.29. The molecule has 0 saturated carbocycles. The molecule has 1 aliphatic rings. The van der Waals surface area contributed by atoms with Crippen molar-refractivity contribution < 1.29 is 4.79 Å². The van der Waals surface area contributed by atoms with Gasteiger partial charge in [-0.1, -0.05) is 25.1 Å². The first-order valence-electron chi connectivity index (χ1n) is 7.40. The van der Waals surface area contributed by atoms with Crippen molar-refractivity contribution in [2.75, 3.05) is 19.6 Å². The van der Waals surface area contributed by atoms with E-state index >= 15 is 0 Å². The van der Waals surface area contributed by atoms with E-state index in [-0.39, 0.29) is 16.9 Å². The topological polar surface area (TPSA) is 81.2 Å². The largest absolute Gasteiger partial charge is 0.337 e. The summed E-state index contributed by atoms with van der Waals surface area (Å²) >= 11 is 0. The van der Waals surface area contributed by atoms with E-state index in [4.69, 9.17) is 5.73 Å². The van der Waals surface area contributed by atoms with Crippen LogP contribution in [0.25, 0.3) is 10.8 Å². The number of hydrogen-bond donors (Lipinski definition) is 1. The van der Waals surface area contributed by atoms with Gasteiger partial charge in [0.05, 0.1) is 5.39 Å². The molecular weight excluding hydrogens is 280 g/mol. The summed E-state index contributed by atoms with van der Waals surface area (Å²) in [5.41, 5.74) is 5.91. The van der Waals surface area contributed by atoms with E-state index in [1.165, 1.54) is 4.68 Å². The Balaban J connectivity index is 2.06. The lowest BCUT2D eigenvalue weighted by Crippen LogP contribution is -2.36. The molecule has 0 spiro atoms. The number of hydrogen-bond acceptors (Lipinski definition) is 4. The summed E-state index contributed by atoms with van der Waals surface area (Å²) in [6, 6.07) is 7.10. The van der Waals surface area contributed by atoms with E-state index in [9.17, 15) is 9.59 Å². The average molecular weight is 300 g/mol. The zero-order valence-electron chi connectivity index (χ0n) is 12.9. The third kappa shape index (κ3) is 2.29. The van der Waals surface area contributed by atoms with Crippen molar-refractivity contribution in [1.82, 2.24) is 14.7 Å². The van der Waals surface area contributed by atoms with Gasteiger partial charge < -0.3 is 10.6 Å². The maximum Gasteiger partial charge on any atom is 0.274 e. The van der Waals surface area contributed by atoms with Crippen LogP contribution in [0.4, 0.5) is 0 Å². The Hall–Kier alpha value is -2.21. The molecule has 2 aromatic rings. The second-order valence-electron chi connectivity index (χ2n) is 6.31. The van der Waals surface area contributed by atoms with E-state index in [2.05, 4.69) is 12.0 Å². The summed E-state index contributed by atoms with van der Waals surface area (Å²) in [5.74, 6) is -0.135. The second kappa shape index (κ2) is 5.21. The van der Waals surface area contributed by atoms with Gasteiger partial charge in [-0.25, -0.2) is 4.68 Å². The maximum absolute atomic E-state index is 12.8. The van der Waals surface area contributed by atoms with Gasteiger partial charge >= 0.3 is 0 Å². The molecule has 1 aliphatic heterocycles. The first-order chi connectivity index (χ1) is 10.4. The number of benzene rings is 1. The Labute approximate surface area is 128 Å². The number of aryl methyl sites for hydroxylation is 1. The minimum atomic E-state index is -0.194. The summed E-state index contributed by atoms with van der Waals surface area (Å²) in [7, 11) is 1.57. The molecule has 22 heavy (non-hydrogen) atoms. The predicted octanol–water partition coefficient (Wildman–Crippen LogP) is 0.744. The van der Waals surface area contributed by atoms with Crippen LogP contribution in [0.3, 0.4) is 0 Å². The number of amides is 1. The normalized spacial score (nSPS) is 21.5. The van der Waals surface area contributed by atoms with Crippen molar-refractivity contribution in [1.29, 1.82) is 0 Å². The molecule has 3 rings (SSSR count). The molecular formula is C16H20N4O2. The van der Waals surface area contributed by atoms with Gasteiger partial charge in [-0.05, 0) is 24.4 Å². The first kappa shape index (κ1) is 14.7. The van der Waals surface area contributed by atoms with Gasteiger partial charge in [0.2, 0.25) is 0 Å². The summed E-state index contributed by atoms with van der Waals surface area (Å²) < 4.78 is 1.23. The Morgan fingerprint density at radius 1 is 1.36 bits per heavy atom. The molecule has 2 heterocycles. The molecule has 116 valence electrons. The fourth-order valence-corrected chi connectivity index (χ4v) is 2.97. The van der Waals surface area contributed by atoms with Crippen molar-refractivity contribution >= 4 is 16.7 Å². The van der Waals surface area contributed by atoms with Gasteiger partial charge in [0, 0.05) is 25.5 Å². The van der Waals surface area contributed by atoms with Crippen molar-refractivity contribution in [2.45, 2.75) is 13.3 Å². The van der Waals surface area contributed by atoms with Crippen molar-refractivity contribution in [3.63, 3.8) is 0 Å². The first-order valence-corrected chi connectivity index (χ1v) is 7.40. The zero-order valence-corrected chi connectivity index (χ0v) is 12.9. The highest BCUT2D eigenvalue weighted by atomic mass is 16.2. The smallest absolute Gasteiger partial charge is 0.274 e. The van der Waals surface area contributed by atoms with Crippen LogP contribution in [-0.2, 0) is 7.05 Å². The lowest BCUT2D eigenvalue weighted by atomic mass is 9.90. The van der Waals surface area contributed by atoms with Gasteiger partial charge in [0.1, 0.15) is 0 Å². The molecule has 1 aromatic carbocycles. The van der Waals surface area contributed by atoms with E-state index < -0.39 is 0 Å². The molecule has 6 heteroatoms. The van der Waals surface area contributed by atoms with E-state index in [0.29, 0.717) is 36.1 Å². The SMILES string of the molecule is Cn1nc(C(=O)N2CCC(C)(CN)C2)c2ccccc2c1=O. The van der Waals surface area contributed by atoms with Crippen LogP contribution in [0.5, 0.6) is 0 Å². The summed E-state index contributed by atoms with van der Waals surface area (Å²) in [4.78, 5) is 26.8. The molecule has 6 nitrogen and oxygen atoms in total. The number of carbonyl (C=O) groups excluding carboxylic acids is 1. The van der Waals surface area contributed by atoms with E-state index in [1.807, 2.05) is 6.07 Å². The van der Waals surface area contributed by atoms with Crippen LogP contribution in [0.2, 0.25) is 0 Å². The van der Waals surface area contributed by atoms with Gasteiger partial charge in [-0.2, -0.15) is 5.10 Å². The highest BCUT2D eigenvalue weighted by Gasteiger charge is 2.36. The number of aromatic nitrogens is 2. The molecule has 1 fully saturated rings. The minimum absolute atomic E-state index is 0.0356. The summed E-state index contributed by atoms with van der Waals surface area (Å²) in [6.07, 6.45) is 0.888. The number of nitrogens with two attached hydrogens (primary N) is 1. The van der Waals surface area contributed by atoms with Crippen LogP contribution >= 0.6 is 0 Å². The third-order valence-electron chi connectivity index (χ3n) is 4.50. The number of nitrogens with zero attached hydrogens (tertiary/aromatic N) is 3. The Kier molecular flexibility index (Phi) is 3.48. The Morgan fingerprint density at radius 2 is 2.05 bits per heavy atom. The third-order valence-corrected chi connectivity index (χ3v) is 4.50. The molecule has 1 unspecified atom stereocenters. The van der Waals surface area contributed by atoms with Crippen LogP contribution in [-0.4, -0.2) is 40.2 Å². The predicted molar refractivity (Wildman–Crippen MR) is 84.7 cm³/mol. The molecule has 1 amide bonds. The van der Waals surface area contributed by atoms with Crippen LogP contribution in [0.15, 0.2) is 29.1 Å². The molecule has 1 aromatic heterocycles. The molecule has 0 radical (unpaired) electrons. The molecule has 0 aliphatic carbocycles. The second-order valence-corrected chi connectivity index (χ2v) is 6.31. The van der Waals surface area contributed by atoms with E-state index in [0.717, 1.165) is 6.42 Å². The average Bonchev–Trinajstić information content (AvgIpc) is 2.93. The van der Waals surface area contributed by atoms with Gasteiger partial charge in [-0.3, -0.25) is 9.59 Å². The van der Waals surface area contributed by atoms with E-state index in [1.54, 1.807) is 30.1 Å².